The lowest BCUT2D eigenvalue weighted by Gasteiger charge is -2.38. The molecule has 3 rings (SSSR count). The standard InChI is InChI=1S/C27H37N3O4/c1-6-20(2)30(26(32)34-27(3,4)5)24-22(15-12-17-28-24)23-16-10-11-18-29(23)25(31)33-19-21-13-8-7-9-14-21/h7-9,12-15,17,20,23H,6,10-11,16,18-19H2,1-5H3/t20-,23-/m1/s1. The fourth-order valence-electron chi connectivity index (χ4n) is 4.12. The Balaban J connectivity index is 1.89. The molecular weight excluding hydrogens is 430 g/mol. The Labute approximate surface area is 203 Å². The maximum Gasteiger partial charge on any atom is 0.416 e. The molecule has 2 aromatic rings. The van der Waals surface area contributed by atoms with Crippen LogP contribution in [0.15, 0.2) is 48.7 Å². The van der Waals surface area contributed by atoms with Gasteiger partial charge in [0.05, 0.1) is 6.04 Å². The van der Waals surface area contributed by atoms with Gasteiger partial charge in [0.15, 0.2) is 0 Å². The highest BCUT2D eigenvalue weighted by Crippen LogP contribution is 2.37. The molecule has 7 heteroatoms. The molecule has 0 radical (unpaired) electrons. The second kappa shape index (κ2) is 11.4. The smallest absolute Gasteiger partial charge is 0.416 e. The Hall–Kier alpha value is -3.09. The molecule has 0 bridgehead atoms. The van der Waals surface area contributed by atoms with Gasteiger partial charge in [0.25, 0.3) is 0 Å². The molecular formula is C27H37N3O4. The number of benzene rings is 1. The molecule has 1 aromatic heterocycles. The zero-order valence-electron chi connectivity index (χ0n) is 21.0. The summed E-state index contributed by atoms with van der Waals surface area (Å²) in [6, 6.07) is 13.1. The number of hydrogen-bond acceptors (Lipinski definition) is 5. The lowest BCUT2D eigenvalue weighted by atomic mass is 9.95. The molecule has 0 spiro atoms. The number of amides is 2. The number of ether oxygens (including phenoxy) is 2. The highest BCUT2D eigenvalue weighted by atomic mass is 16.6. The van der Waals surface area contributed by atoms with Crippen LogP contribution in [0.25, 0.3) is 0 Å². The number of anilines is 1. The van der Waals surface area contributed by atoms with Crippen molar-refractivity contribution in [2.75, 3.05) is 11.4 Å². The van der Waals surface area contributed by atoms with Crippen LogP contribution in [0.4, 0.5) is 15.4 Å². The van der Waals surface area contributed by atoms with Gasteiger partial charge in [-0.1, -0.05) is 43.3 Å². The average Bonchev–Trinajstić information content (AvgIpc) is 2.82. The SMILES string of the molecule is CC[C@@H](C)N(C(=O)OC(C)(C)C)c1ncccc1[C@H]1CCCCN1C(=O)OCc1ccccc1. The molecule has 0 aliphatic carbocycles. The van der Waals surface area contributed by atoms with Crippen LogP contribution in [0.1, 0.15) is 77.5 Å². The molecule has 2 amide bonds. The molecule has 1 aromatic carbocycles. The first-order valence-electron chi connectivity index (χ1n) is 12.2. The van der Waals surface area contributed by atoms with E-state index >= 15 is 0 Å². The second-order valence-corrected chi connectivity index (χ2v) is 9.77. The van der Waals surface area contributed by atoms with E-state index < -0.39 is 11.7 Å². The Bertz CT molecular complexity index is 958. The first-order chi connectivity index (χ1) is 16.2. The highest BCUT2D eigenvalue weighted by molar-refractivity contribution is 5.88. The molecule has 34 heavy (non-hydrogen) atoms. The van der Waals surface area contributed by atoms with Gasteiger partial charge in [-0.3, -0.25) is 4.90 Å². The van der Waals surface area contributed by atoms with Crippen LogP contribution >= 0.6 is 0 Å². The molecule has 0 N–H and O–H groups in total. The van der Waals surface area contributed by atoms with Crippen molar-refractivity contribution in [3.05, 3.63) is 59.8 Å². The van der Waals surface area contributed by atoms with E-state index in [0.717, 1.165) is 36.8 Å². The van der Waals surface area contributed by atoms with E-state index in [-0.39, 0.29) is 24.8 Å². The summed E-state index contributed by atoms with van der Waals surface area (Å²) in [6.07, 6.45) is 4.31. The summed E-state index contributed by atoms with van der Waals surface area (Å²) in [5, 5.41) is 0. The van der Waals surface area contributed by atoms with Crippen molar-refractivity contribution in [3.63, 3.8) is 0 Å². The monoisotopic (exact) mass is 467 g/mol. The number of nitrogens with zero attached hydrogens (tertiary/aromatic N) is 3. The fraction of sp³-hybridized carbons (Fsp3) is 0.519. The van der Waals surface area contributed by atoms with Crippen molar-refractivity contribution in [1.82, 2.24) is 9.88 Å². The van der Waals surface area contributed by atoms with E-state index in [4.69, 9.17) is 9.47 Å². The van der Waals surface area contributed by atoms with E-state index in [0.29, 0.717) is 12.4 Å². The van der Waals surface area contributed by atoms with Crippen LogP contribution < -0.4 is 4.90 Å². The second-order valence-electron chi connectivity index (χ2n) is 9.77. The van der Waals surface area contributed by atoms with Gasteiger partial charge < -0.3 is 14.4 Å². The summed E-state index contributed by atoms with van der Waals surface area (Å²) >= 11 is 0. The van der Waals surface area contributed by atoms with E-state index in [1.807, 2.05) is 77.1 Å². The number of rotatable bonds is 6. The molecule has 2 atom stereocenters. The first kappa shape index (κ1) is 25.5. The van der Waals surface area contributed by atoms with Crippen molar-refractivity contribution in [3.8, 4) is 0 Å². The summed E-state index contributed by atoms with van der Waals surface area (Å²) in [7, 11) is 0. The number of hydrogen-bond donors (Lipinski definition) is 0. The van der Waals surface area contributed by atoms with Crippen molar-refractivity contribution < 1.29 is 19.1 Å². The van der Waals surface area contributed by atoms with E-state index in [1.165, 1.54) is 0 Å². The third-order valence-electron chi connectivity index (χ3n) is 5.97. The number of carbonyl (C=O) groups excluding carboxylic acids is 2. The molecule has 1 aliphatic heterocycles. The van der Waals surface area contributed by atoms with Gasteiger partial charge in [0.2, 0.25) is 0 Å². The quantitative estimate of drug-likeness (QED) is 0.486. The molecule has 0 saturated carbocycles. The number of likely N-dealkylation sites (tertiary alicyclic amines) is 1. The molecule has 1 saturated heterocycles. The van der Waals surface area contributed by atoms with Crippen LogP contribution in [0.5, 0.6) is 0 Å². The van der Waals surface area contributed by atoms with Crippen LogP contribution in [0.2, 0.25) is 0 Å². The van der Waals surface area contributed by atoms with Crippen molar-refractivity contribution in [2.24, 2.45) is 0 Å². The summed E-state index contributed by atoms with van der Waals surface area (Å²) < 4.78 is 11.4. The lowest BCUT2D eigenvalue weighted by molar-refractivity contribution is 0.0564. The van der Waals surface area contributed by atoms with Crippen molar-refractivity contribution in [2.45, 2.75) is 84.6 Å². The van der Waals surface area contributed by atoms with Crippen molar-refractivity contribution in [1.29, 1.82) is 0 Å². The van der Waals surface area contributed by atoms with Crippen LogP contribution in [0.3, 0.4) is 0 Å². The molecule has 184 valence electrons. The Morgan fingerprint density at radius 1 is 1.15 bits per heavy atom. The maximum atomic E-state index is 13.2. The number of aromatic nitrogens is 1. The average molecular weight is 468 g/mol. The minimum absolute atomic E-state index is 0.120. The molecule has 1 aliphatic rings. The van der Waals surface area contributed by atoms with Gasteiger partial charge in [-0.05, 0) is 65.0 Å². The summed E-state index contributed by atoms with van der Waals surface area (Å²) in [6.45, 7) is 10.4. The Morgan fingerprint density at radius 3 is 2.56 bits per heavy atom. The number of pyridine rings is 1. The van der Waals surface area contributed by atoms with Crippen LogP contribution in [-0.4, -0.2) is 40.3 Å². The van der Waals surface area contributed by atoms with Crippen LogP contribution in [0, 0.1) is 0 Å². The van der Waals surface area contributed by atoms with E-state index in [2.05, 4.69) is 4.98 Å². The number of piperidine rings is 1. The minimum Gasteiger partial charge on any atom is -0.445 e. The van der Waals surface area contributed by atoms with E-state index in [1.54, 1.807) is 16.0 Å². The minimum atomic E-state index is -0.629. The largest absolute Gasteiger partial charge is 0.445 e. The first-order valence-corrected chi connectivity index (χ1v) is 12.2. The molecule has 1 fully saturated rings. The van der Waals surface area contributed by atoms with Crippen LogP contribution in [-0.2, 0) is 16.1 Å². The summed E-state index contributed by atoms with van der Waals surface area (Å²) in [5.74, 6) is 0.541. The predicted molar refractivity (Wildman–Crippen MR) is 133 cm³/mol. The fourth-order valence-corrected chi connectivity index (χ4v) is 4.12. The molecule has 2 heterocycles. The highest BCUT2D eigenvalue weighted by Gasteiger charge is 2.35. The third-order valence-corrected chi connectivity index (χ3v) is 5.97. The Kier molecular flexibility index (Phi) is 8.53. The molecule has 0 unspecified atom stereocenters. The predicted octanol–water partition coefficient (Wildman–Crippen LogP) is 6.49. The molecule has 7 nitrogen and oxygen atoms in total. The van der Waals surface area contributed by atoms with E-state index in [9.17, 15) is 9.59 Å². The number of carbonyl (C=O) groups is 2. The lowest BCUT2D eigenvalue weighted by Crippen LogP contribution is -2.44. The van der Waals surface area contributed by atoms with Gasteiger partial charge in [0, 0.05) is 24.3 Å². The van der Waals surface area contributed by atoms with Gasteiger partial charge in [0.1, 0.15) is 18.0 Å². The third kappa shape index (κ3) is 6.49. The Morgan fingerprint density at radius 2 is 1.88 bits per heavy atom. The van der Waals surface area contributed by atoms with Crippen molar-refractivity contribution >= 4 is 18.0 Å². The normalized spacial score (nSPS) is 17.1. The van der Waals surface area contributed by atoms with Gasteiger partial charge in [-0.2, -0.15) is 0 Å². The zero-order chi connectivity index (χ0) is 24.7. The zero-order valence-corrected chi connectivity index (χ0v) is 21.0. The summed E-state index contributed by atoms with van der Waals surface area (Å²) in [4.78, 5) is 34.4. The van der Waals surface area contributed by atoms with Gasteiger partial charge in [-0.25, -0.2) is 14.6 Å². The van der Waals surface area contributed by atoms with Gasteiger partial charge in [-0.15, -0.1) is 0 Å². The topological polar surface area (TPSA) is 72.0 Å². The van der Waals surface area contributed by atoms with Gasteiger partial charge >= 0.3 is 12.2 Å². The maximum absolute atomic E-state index is 13.2. The summed E-state index contributed by atoms with van der Waals surface area (Å²) in [5.41, 5.74) is 1.15.